The highest BCUT2D eigenvalue weighted by Crippen LogP contribution is 2.31. The maximum absolute atomic E-state index is 12.7. The van der Waals surface area contributed by atoms with Gasteiger partial charge < -0.3 is 9.47 Å². The summed E-state index contributed by atoms with van der Waals surface area (Å²) in [5, 5.41) is 3.11. The molecule has 0 saturated carbocycles. The third-order valence-electron chi connectivity index (χ3n) is 4.67. The zero-order valence-corrected chi connectivity index (χ0v) is 16.0. The number of benzene rings is 2. The molecule has 2 aromatic heterocycles. The Morgan fingerprint density at radius 1 is 1.04 bits per heavy atom. The fourth-order valence-corrected chi connectivity index (χ4v) is 3.29. The van der Waals surface area contributed by atoms with Crippen LogP contribution in [0.2, 0.25) is 0 Å². The van der Waals surface area contributed by atoms with Crippen LogP contribution in [0.25, 0.3) is 16.8 Å². The highest BCUT2D eigenvalue weighted by Gasteiger charge is 2.18. The molecule has 0 spiro atoms. The first kappa shape index (κ1) is 17.9. The third-order valence-corrected chi connectivity index (χ3v) is 4.67. The van der Waals surface area contributed by atoms with Crippen molar-refractivity contribution >= 4 is 5.65 Å². The number of rotatable bonds is 5. The second-order valence-corrected chi connectivity index (χ2v) is 6.57. The number of ether oxygens (including phenoxy) is 2. The first-order valence-electron chi connectivity index (χ1n) is 9.06. The number of fused-ring (bicyclic) bond motifs is 1. The second-order valence-electron chi connectivity index (χ2n) is 6.57. The summed E-state index contributed by atoms with van der Waals surface area (Å²) in [5.41, 5.74) is 3.76. The monoisotopic (exact) mass is 375 g/mol. The van der Waals surface area contributed by atoms with E-state index in [1.54, 1.807) is 7.11 Å². The van der Waals surface area contributed by atoms with Gasteiger partial charge in [0.1, 0.15) is 6.10 Å². The Morgan fingerprint density at radius 3 is 2.43 bits per heavy atom. The summed E-state index contributed by atoms with van der Waals surface area (Å²) < 4.78 is 12.8. The van der Waals surface area contributed by atoms with Gasteiger partial charge in [0.25, 0.3) is 5.56 Å². The van der Waals surface area contributed by atoms with Gasteiger partial charge in [0.05, 0.1) is 12.8 Å². The number of hydrogen-bond acceptors (Lipinski definition) is 4. The molecule has 0 radical (unpaired) electrons. The Hall–Kier alpha value is -3.54. The van der Waals surface area contributed by atoms with Crippen molar-refractivity contribution in [3.8, 4) is 22.6 Å². The van der Waals surface area contributed by atoms with Crippen LogP contribution in [0.15, 0.2) is 65.5 Å². The molecule has 6 nitrogen and oxygen atoms in total. The van der Waals surface area contributed by atoms with Crippen molar-refractivity contribution in [3.05, 3.63) is 82.4 Å². The number of para-hydroxylation sites is 2. The molecule has 0 aliphatic heterocycles. The lowest BCUT2D eigenvalue weighted by atomic mass is 10.1. The van der Waals surface area contributed by atoms with Crippen LogP contribution >= 0.6 is 0 Å². The minimum atomic E-state index is -0.423. The van der Waals surface area contributed by atoms with Gasteiger partial charge >= 0.3 is 0 Å². The number of nitrogens with one attached hydrogen (secondary N) is 1. The molecule has 1 unspecified atom stereocenters. The zero-order chi connectivity index (χ0) is 19.7. The van der Waals surface area contributed by atoms with Crippen LogP contribution < -0.4 is 15.0 Å². The maximum Gasteiger partial charge on any atom is 0.273 e. The van der Waals surface area contributed by atoms with Crippen LogP contribution in [0, 0.1) is 6.92 Å². The molecular weight excluding hydrogens is 354 g/mol. The predicted molar refractivity (Wildman–Crippen MR) is 108 cm³/mol. The van der Waals surface area contributed by atoms with E-state index in [1.807, 2.05) is 68.4 Å². The van der Waals surface area contributed by atoms with E-state index < -0.39 is 6.10 Å². The molecular formula is C22H21N3O3. The van der Waals surface area contributed by atoms with Crippen molar-refractivity contribution in [1.29, 1.82) is 0 Å². The summed E-state index contributed by atoms with van der Waals surface area (Å²) in [6.07, 6.45) is -0.423. The van der Waals surface area contributed by atoms with Crippen LogP contribution in [0.1, 0.15) is 24.4 Å². The van der Waals surface area contributed by atoms with Gasteiger partial charge in [-0.25, -0.2) is 9.50 Å². The molecule has 0 aliphatic carbocycles. The Morgan fingerprint density at radius 2 is 1.71 bits per heavy atom. The highest BCUT2D eigenvalue weighted by atomic mass is 16.5. The van der Waals surface area contributed by atoms with E-state index in [2.05, 4.69) is 5.10 Å². The average Bonchev–Trinajstić information content (AvgIpc) is 3.05. The Kier molecular flexibility index (Phi) is 4.61. The Balaban J connectivity index is 1.79. The van der Waals surface area contributed by atoms with Gasteiger partial charge in [0.15, 0.2) is 17.1 Å². The van der Waals surface area contributed by atoms with E-state index in [0.717, 1.165) is 16.8 Å². The lowest BCUT2D eigenvalue weighted by Crippen LogP contribution is -2.18. The van der Waals surface area contributed by atoms with Crippen LogP contribution in [0.3, 0.4) is 0 Å². The fraction of sp³-hybridized carbons (Fsp3) is 0.182. The van der Waals surface area contributed by atoms with E-state index in [1.165, 1.54) is 10.6 Å². The van der Waals surface area contributed by atoms with Gasteiger partial charge in [-0.1, -0.05) is 42.5 Å². The number of aromatic amines is 1. The van der Waals surface area contributed by atoms with E-state index in [4.69, 9.17) is 14.5 Å². The molecule has 0 amide bonds. The molecule has 142 valence electrons. The first-order chi connectivity index (χ1) is 13.6. The van der Waals surface area contributed by atoms with Gasteiger partial charge in [-0.15, -0.1) is 0 Å². The number of hydrogen-bond donors (Lipinski definition) is 1. The normalized spacial score (nSPS) is 12.1. The topological polar surface area (TPSA) is 68.6 Å². The average molecular weight is 375 g/mol. The summed E-state index contributed by atoms with van der Waals surface area (Å²) in [7, 11) is 1.60. The third kappa shape index (κ3) is 3.13. The summed E-state index contributed by atoms with van der Waals surface area (Å²) in [4.78, 5) is 17.4. The Bertz CT molecular complexity index is 1180. The quantitative estimate of drug-likeness (QED) is 0.569. The molecule has 4 rings (SSSR count). The Labute approximate surface area is 162 Å². The van der Waals surface area contributed by atoms with Crippen molar-refractivity contribution in [2.24, 2.45) is 0 Å². The number of aryl methyl sites for hydroxylation is 1. The van der Waals surface area contributed by atoms with Crippen molar-refractivity contribution in [1.82, 2.24) is 14.6 Å². The van der Waals surface area contributed by atoms with Gasteiger partial charge in [0.2, 0.25) is 0 Å². The molecule has 28 heavy (non-hydrogen) atoms. The smallest absolute Gasteiger partial charge is 0.273 e. The molecule has 4 aromatic rings. The van der Waals surface area contributed by atoms with Gasteiger partial charge in [-0.05, 0) is 31.5 Å². The van der Waals surface area contributed by atoms with Crippen molar-refractivity contribution in [2.45, 2.75) is 20.0 Å². The van der Waals surface area contributed by atoms with Gasteiger partial charge in [-0.3, -0.25) is 9.89 Å². The molecule has 0 aliphatic rings. The molecule has 6 heteroatoms. The van der Waals surface area contributed by atoms with E-state index in [0.29, 0.717) is 22.8 Å². The number of nitrogens with zero attached hydrogens (tertiary/aromatic N) is 2. The fourth-order valence-electron chi connectivity index (χ4n) is 3.29. The van der Waals surface area contributed by atoms with Crippen molar-refractivity contribution in [2.75, 3.05) is 7.11 Å². The van der Waals surface area contributed by atoms with Crippen LogP contribution in [-0.4, -0.2) is 21.7 Å². The SMILES string of the molecule is COc1ccccc1OC(C)c1cc(=O)n2[nH]c(C)c(-c3ccccc3)c2n1. The summed E-state index contributed by atoms with van der Waals surface area (Å²) in [6, 6.07) is 18.8. The standard InChI is InChI=1S/C22H21N3O3/c1-14-21(16-9-5-4-6-10-16)22-23-17(13-20(26)25(22)24-14)15(2)28-19-12-8-7-11-18(19)27-3/h4-13,15,24H,1-3H3. The zero-order valence-electron chi connectivity index (χ0n) is 16.0. The van der Waals surface area contributed by atoms with E-state index in [-0.39, 0.29) is 5.56 Å². The molecule has 2 aromatic carbocycles. The highest BCUT2D eigenvalue weighted by molar-refractivity contribution is 5.79. The molecule has 1 N–H and O–H groups in total. The number of aromatic nitrogens is 3. The van der Waals surface area contributed by atoms with E-state index in [9.17, 15) is 4.79 Å². The van der Waals surface area contributed by atoms with Crippen molar-refractivity contribution < 1.29 is 9.47 Å². The molecule has 0 bridgehead atoms. The van der Waals surface area contributed by atoms with Gasteiger partial charge in [-0.2, -0.15) is 0 Å². The van der Waals surface area contributed by atoms with Crippen LogP contribution in [0.5, 0.6) is 11.5 Å². The largest absolute Gasteiger partial charge is 0.493 e. The van der Waals surface area contributed by atoms with Crippen LogP contribution in [-0.2, 0) is 0 Å². The second kappa shape index (κ2) is 7.23. The first-order valence-corrected chi connectivity index (χ1v) is 9.06. The minimum Gasteiger partial charge on any atom is -0.493 e. The summed E-state index contributed by atoms with van der Waals surface area (Å²) in [5.74, 6) is 1.24. The van der Waals surface area contributed by atoms with Crippen LogP contribution in [0.4, 0.5) is 0 Å². The number of H-pyrrole nitrogens is 1. The van der Waals surface area contributed by atoms with Gasteiger partial charge in [0, 0.05) is 17.3 Å². The molecule has 1 atom stereocenters. The minimum absolute atomic E-state index is 0.180. The lowest BCUT2D eigenvalue weighted by molar-refractivity contribution is 0.211. The number of methoxy groups -OCH3 is 1. The van der Waals surface area contributed by atoms with E-state index >= 15 is 0 Å². The van der Waals surface area contributed by atoms with Crippen molar-refractivity contribution in [3.63, 3.8) is 0 Å². The predicted octanol–water partition coefficient (Wildman–Crippen LogP) is 4.15. The molecule has 0 saturated heterocycles. The summed E-state index contributed by atoms with van der Waals surface area (Å²) >= 11 is 0. The molecule has 0 fully saturated rings. The lowest BCUT2D eigenvalue weighted by Gasteiger charge is -2.16. The summed E-state index contributed by atoms with van der Waals surface area (Å²) in [6.45, 7) is 3.80. The maximum atomic E-state index is 12.7. The molecule has 2 heterocycles.